The van der Waals surface area contributed by atoms with Gasteiger partial charge in [-0.15, -0.1) is 10.2 Å². The SMILES string of the molecule is CCn1c(SCn2cc([N+](=O)[O-])cn2)nnc1-c1ccccc1C. The van der Waals surface area contributed by atoms with E-state index in [1.165, 1.54) is 28.8 Å². The molecule has 0 amide bonds. The third kappa shape index (κ3) is 3.16. The van der Waals surface area contributed by atoms with Crippen LogP contribution in [0, 0.1) is 17.0 Å². The first-order chi connectivity index (χ1) is 11.6. The van der Waals surface area contributed by atoms with Gasteiger partial charge in [-0.05, 0) is 19.4 Å². The number of benzene rings is 1. The first kappa shape index (κ1) is 16.2. The highest BCUT2D eigenvalue weighted by molar-refractivity contribution is 7.98. The molecule has 1 aromatic carbocycles. The molecule has 2 aromatic heterocycles. The zero-order valence-electron chi connectivity index (χ0n) is 13.3. The van der Waals surface area contributed by atoms with Gasteiger partial charge in [-0.3, -0.25) is 14.8 Å². The van der Waals surface area contributed by atoms with Gasteiger partial charge in [0.05, 0.1) is 10.8 Å². The Kier molecular flexibility index (Phi) is 4.61. The molecular weight excluding hydrogens is 328 g/mol. The number of aryl methyl sites for hydroxylation is 1. The molecule has 0 fully saturated rings. The number of rotatable bonds is 6. The summed E-state index contributed by atoms with van der Waals surface area (Å²) in [5, 5.41) is 24.0. The molecule has 8 nitrogen and oxygen atoms in total. The van der Waals surface area contributed by atoms with E-state index in [0.29, 0.717) is 5.88 Å². The summed E-state index contributed by atoms with van der Waals surface area (Å²) < 4.78 is 3.55. The van der Waals surface area contributed by atoms with Crippen LogP contribution in [-0.4, -0.2) is 29.5 Å². The molecule has 0 atom stereocenters. The number of hydrogen-bond acceptors (Lipinski definition) is 6. The van der Waals surface area contributed by atoms with Crippen molar-refractivity contribution in [3.8, 4) is 11.4 Å². The number of nitrogens with zero attached hydrogens (tertiary/aromatic N) is 6. The third-order valence-corrected chi connectivity index (χ3v) is 4.53. The Morgan fingerprint density at radius 1 is 1.29 bits per heavy atom. The number of hydrogen-bond donors (Lipinski definition) is 0. The van der Waals surface area contributed by atoms with Gasteiger partial charge in [0.15, 0.2) is 11.0 Å². The lowest BCUT2D eigenvalue weighted by molar-refractivity contribution is -0.385. The smallest absolute Gasteiger partial charge is 0.302 e. The lowest BCUT2D eigenvalue weighted by Crippen LogP contribution is -2.02. The summed E-state index contributed by atoms with van der Waals surface area (Å²) >= 11 is 1.44. The Morgan fingerprint density at radius 2 is 2.08 bits per heavy atom. The zero-order chi connectivity index (χ0) is 17.1. The van der Waals surface area contributed by atoms with Crippen molar-refractivity contribution in [3.63, 3.8) is 0 Å². The van der Waals surface area contributed by atoms with Crippen molar-refractivity contribution in [1.29, 1.82) is 0 Å². The van der Waals surface area contributed by atoms with Gasteiger partial charge in [0.1, 0.15) is 12.4 Å². The number of aromatic nitrogens is 5. The van der Waals surface area contributed by atoms with Crippen LogP contribution in [0.1, 0.15) is 12.5 Å². The van der Waals surface area contributed by atoms with Crippen LogP contribution in [0.2, 0.25) is 0 Å². The lowest BCUT2D eigenvalue weighted by Gasteiger charge is -2.09. The minimum atomic E-state index is -0.459. The van der Waals surface area contributed by atoms with E-state index < -0.39 is 4.92 Å². The molecule has 0 unspecified atom stereocenters. The van der Waals surface area contributed by atoms with E-state index in [9.17, 15) is 10.1 Å². The van der Waals surface area contributed by atoms with Crippen molar-refractivity contribution >= 4 is 17.4 Å². The van der Waals surface area contributed by atoms with E-state index in [1.807, 2.05) is 42.7 Å². The van der Waals surface area contributed by atoms with Crippen LogP contribution in [0.3, 0.4) is 0 Å². The second-order valence-corrected chi connectivity index (χ2v) is 6.05. The van der Waals surface area contributed by atoms with Gasteiger partial charge in [0.25, 0.3) is 0 Å². The molecule has 0 N–H and O–H groups in total. The highest BCUT2D eigenvalue weighted by Crippen LogP contribution is 2.27. The Hall–Kier alpha value is -2.68. The van der Waals surface area contributed by atoms with Crippen LogP contribution in [0.25, 0.3) is 11.4 Å². The predicted molar refractivity (Wildman–Crippen MR) is 90.6 cm³/mol. The lowest BCUT2D eigenvalue weighted by atomic mass is 10.1. The first-order valence-electron chi connectivity index (χ1n) is 7.39. The second-order valence-electron chi connectivity index (χ2n) is 5.13. The minimum Gasteiger partial charge on any atom is -0.302 e. The van der Waals surface area contributed by atoms with Crippen LogP contribution < -0.4 is 0 Å². The third-order valence-electron chi connectivity index (χ3n) is 3.58. The molecule has 0 bridgehead atoms. The molecule has 124 valence electrons. The average Bonchev–Trinajstić information content (AvgIpc) is 3.20. The molecule has 3 aromatic rings. The fraction of sp³-hybridized carbons (Fsp3) is 0.267. The van der Waals surface area contributed by atoms with Gasteiger partial charge >= 0.3 is 5.69 Å². The van der Waals surface area contributed by atoms with Crippen molar-refractivity contribution in [1.82, 2.24) is 24.5 Å². The van der Waals surface area contributed by atoms with Crippen LogP contribution >= 0.6 is 11.8 Å². The Morgan fingerprint density at radius 3 is 2.75 bits per heavy atom. The molecule has 2 heterocycles. The second kappa shape index (κ2) is 6.83. The van der Waals surface area contributed by atoms with Crippen LogP contribution in [0.15, 0.2) is 41.8 Å². The van der Waals surface area contributed by atoms with E-state index >= 15 is 0 Å². The molecule has 0 aliphatic rings. The largest absolute Gasteiger partial charge is 0.307 e. The quantitative estimate of drug-likeness (QED) is 0.387. The topological polar surface area (TPSA) is 91.7 Å². The fourth-order valence-corrected chi connectivity index (χ4v) is 3.20. The van der Waals surface area contributed by atoms with E-state index in [2.05, 4.69) is 15.3 Å². The summed E-state index contributed by atoms with van der Waals surface area (Å²) in [5.74, 6) is 1.25. The number of thioether (sulfide) groups is 1. The van der Waals surface area contributed by atoms with Gasteiger partial charge in [-0.2, -0.15) is 5.10 Å². The Bertz CT molecular complexity index is 872. The van der Waals surface area contributed by atoms with E-state index in [1.54, 1.807) is 0 Å². The van der Waals surface area contributed by atoms with Crippen molar-refractivity contribution < 1.29 is 4.92 Å². The molecule has 0 spiro atoms. The van der Waals surface area contributed by atoms with Gasteiger partial charge in [-0.25, -0.2) is 0 Å². The standard InChI is InChI=1S/C15H16N6O2S/c1-3-20-14(13-7-5-4-6-11(13)2)17-18-15(20)24-10-19-9-12(8-16-19)21(22)23/h4-9H,3,10H2,1-2H3. The van der Waals surface area contributed by atoms with Gasteiger partial charge in [-0.1, -0.05) is 36.0 Å². The summed E-state index contributed by atoms with van der Waals surface area (Å²) in [6.45, 7) is 4.81. The summed E-state index contributed by atoms with van der Waals surface area (Å²) in [7, 11) is 0. The van der Waals surface area contributed by atoms with E-state index in [0.717, 1.165) is 28.7 Å². The summed E-state index contributed by atoms with van der Waals surface area (Å²) in [5.41, 5.74) is 2.17. The molecule has 0 radical (unpaired) electrons. The van der Waals surface area contributed by atoms with Crippen molar-refractivity contribution in [3.05, 3.63) is 52.3 Å². The number of nitro groups is 1. The molecule has 0 saturated heterocycles. The van der Waals surface area contributed by atoms with Crippen LogP contribution in [0.4, 0.5) is 5.69 Å². The first-order valence-corrected chi connectivity index (χ1v) is 8.37. The Labute approximate surface area is 142 Å². The van der Waals surface area contributed by atoms with Gasteiger partial charge < -0.3 is 4.57 Å². The maximum Gasteiger partial charge on any atom is 0.307 e. The zero-order valence-corrected chi connectivity index (χ0v) is 14.1. The average molecular weight is 344 g/mol. The fourth-order valence-electron chi connectivity index (χ4n) is 2.34. The maximum absolute atomic E-state index is 10.7. The monoisotopic (exact) mass is 344 g/mol. The van der Waals surface area contributed by atoms with Crippen molar-refractivity contribution in [2.75, 3.05) is 0 Å². The highest BCUT2D eigenvalue weighted by Gasteiger charge is 2.15. The van der Waals surface area contributed by atoms with E-state index in [4.69, 9.17) is 0 Å². The predicted octanol–water partition coefficient (Wildman–Crippen LogP) is 3.13. The molecule has 0 saturated carbocycles. The molecule has 0 aliphatic carbocycles. The molecule has 0 aliphatic heterocycles. The Balaban J connectivity index is 1.82. The van der Waals surface area contributed by atoms with Gasteiger partial charge in [0.2, 0.25) is 0 Å². The molecular formula is C15H16N6O2S. The highest BCUT2D eigenvalue weighted by atomic mass is 32.2. The molecule has 24 heavy (non-hydrogen) atoms. The molecule has 3 rings (SSSR count). The summed E-state index contributed by atoms with van der Waals surface area (Å²) in [6, 6.07) is 8.04. The minimum absolute atomic E-state index is 0.0202. The summed E-state index contributed by atoms with van der Waals surface area (Å²) in [6.07, 6.45) is 2.64. The molecule has 9 heteroatoms. The van der Waals surface area contributed by atoms with Crippen LogP contribution in [0.5, 0.6) is 0 Å². The van der Waals surface area contributed by atoms with Crippen molar-refractivity contribution in [2.45, 2.75) is 31.4 Å². The normalized spacial score (nSPS) is 10.9. The van der Waals surface area contributed by atoms with Crippen LogP contribution in [-0.2, 0) is 12.4 Å². The maximum atomic E-state index is 10.7. The van der Waals surface area contributed by atoms with E-state index in [-0.39, 0.29) is 5.69 Å². The van der Waals surface area contributed by atoms with Gasteiger partial charge in [0, 0.05) is 12.1 Å². The van der Waals surface area contributed by atoms with Crippen molar-refractivity contribution in [2.24, 2.45) is 0 Å². The summed E-state index contributed by atoms with van der Waals surface area (Å²) in [4.78, 5) is 10.2.